The van der Waals surface area contributed by atoms with E-state index in [1.54, 1.807) is 0 Å². The predicted octanol–water partition coefficient (Wildman–Crippen LogP) is 3.64. The Hall–Kier alpha value is -1.66. The summed E-state index contributed by atoms with van der Waals surface area (Å²) in [4.78, 5) is 19.3. The Bertz CT molecular complexity index is 580. The first-order chi connectivity index (χ1) is 9.15. The third kappa shape index (κ3) is 4.18. The van der Waals surface area contributed by atoms with Crippen molar-refractivity contribution < 1.29 is 9.53 Å². The molecule has 0 aliphatic carbocycles. The van der Waals surface area contributed by atoms with Gasteiger partial charge in [-0.05, 0) is 21.5 Å². The fourth-order valence-electron chi connectivity index (χ4n) is 1.26. The van der Waals surface area contributed by atoms with Crippen LogP contribution in [0.25, 0.3) is 0 Å². The lowest BCUT2D eigenvalue weighted by Gasteiger charge is -2.06. The fourth-order valence-corrected chi connectivity index (χ4v) is 1.58. The Morgan fingerprint density at radius 2 is 2.11 bits per heavy atom. The molecule has 0 radical (unpaired) electrons. The number of hydrogen-bond donors (Lipinski definition) is 1. The highest BCUT2D eigenvalue weighted by atomic mass is 79.9. The number of nitrogens with one attached hydrogen (secondary N) is 1. The number of ether oxygens (including phenoxy) is 1. The molecule has 2 aromatic rings. The van der Waals surface area contributed by atoms with Gasteiger partial charge in [0.1, 0.15) is 11.8 Å². The first-order valence-corrected chi connectivity index (χ1v) is 6.48. The maximum absolute atomic E-state index is 11.5. The van der Waals surface area contributed by atoms with Gasteiger partial charge in [-0.25, -0.2) is 9.78 Å². The van der Waals surface area contributed by atoms with Gasteiger partial charge in [0.25, 0.3) is 0 Å². The molecule has 0 saturated heterocycles. The molecule has 0 atom stereocenters. The highest BCUT2D eigenvalue weighted by Gasteiger charge is 2.07. The van der Waals surface area contributed by atoms with Crippen LogP contribution in [-0.2, 0) is 11.3 Å². The molecule has 0 unspecified atom stereocenters. The zero-order valence-electron chi connectivity index (χ0n) is 9.64. The van der Waals surface area contributed by atoms with E-state index in [1.807, 2.05) is 30.3 Å². The number of nitrogens with zero attached hydrogens (tertiary/aromatic N) is 2. The number of aromatic nitrogens is 2. The molecule has 5 nitrogen and oxygen atoms in total. The summed E-state index contributed by atoms with van der Waals surface area (Å²) in [6.45, 7) is 0.178. The normalized spacial score (nSPS) is 10.0. The van der Waals surface area contributed by atoms with Crippen LogP contribution in [0.2, 0.25) is 5.15 Å². The highest BCUT2D eigenvalue weighted by Crippen LogP contribution is 2.19. The van der Waals surface area contributed by atoms with Crippen LogP contribution >= 0.6 is 27.5 Å². The largest absolute Gasteiger partial charge is 0.444 e. The lowest BCUT2D eigenvalue weighted by atomic mass is 10.2. The van der Waals surface area contributed by atoms with Crippen molar-refractivity contribution in [3.63, 3.8) is 0 Å². The summed E-state index contributed by atoms with van der Waals surface area (Å²) in [5.41, 5.74) is 0.896. The Morgan fingerprint density at radius 3 is 2.79 bits per heavy atom. The van der Waals surface area contributed by atoms with Gasteiger partial charge in [-0.2, -0.15) is 4.98 Å². The standard InChI is InChI=1S/C12H9BrClN3O2/c13-9-6-15-11(16-10(9)14)17-12(18)19-7-8-4-2-1-3-5-8/h1-6H,7H2,(H,15,16,17,18). The summed E-state index contributed by atoms with van der Waals surface area (Å²) in [7, 11) is 0. The zero-order valence-corrected chi connectivity index (χ0v) is 12.0. The summed E-state index contributed by atoms with van der Waals surface area (Å²) in [6.07, 6.45) is 0.810. The van der Waals surface area contributed by atoms with Crippen LogP contribution in [0.4, 0.5) is 10.7 Å². The molecule has 0 spiro atoms. The fraction of sp³-hybridized carbons (Fsp3) is 0.0833. The number of anilines is 1. The molecule has 1 aromatic carbocycles. The minimum atomic E-state index is -0.637. The number of hydrogen-bond acceptors (Lipinski definition) is 4. The number of benzene rings is 1. The molecular weight excluding hydrogens is 334 g/mol. The van der Waals surface area contributed by atoms with Gasteiger partial charge < -0.3 is 4.74 Å². The highest BCUT2D eigenvalue weighted by molar-refractivity contribution is 9.10. The number of rotatable bonds is 3. The SMILES string of the molecule is O=C(Nc1ncc(Br)c(Cl)n1)OCc1ccccc1. The Labute approximate surface area is 123 Å². The Kier molecular flexibility index (Phi) is 4.70. The van der Waals surface area contributed by atoms with Crippen molar-refractivity contribution >= 4 is 39.6 Å². The zero-order chi connectivity index (χ0) is 13.7. The molecule has 7 heteroatoms. The van der Waals surface area contributed by atoms with Crippen LogP contribution in [0, 0.1) is 0 Å². The van der Waals surface area contributed by atoms with Crippen LogP contribution in [0.15, 0.2) is 41.0 Å². The number of halogens is 2. The number of amides is 1. The van der Waals surface area contributed by atoms with Gasteiger partial charge in [0, 0.05) is 6.20 Å². The van der Waals surface area contributed by atoms with E-state index in [0.717, 1.165) is 5.56 Å². The van der Waals surface area contributed by atoms with E-state index in [9.17, 15) is 4.79 Å². The van der Waals surface area contributed by atoms with Gasteiger partial charge in [0.15, 0.2) is 0 Å². The third-order valence-electron chi connectivity index (χ3n) is 2.13. The van der Waals surface area contributed by atoms with Gasteiger partial charge in [-0.3, -0.25) is 5.32 Å². The smallest absolute Gasteiger partial charge is 0.414 e. The van der Waals surface area contributed by atoms with Gasteiger partial charge in [-0.1, -0.05) is 41.9 Å². The van der Waals surface area contributed by atoms with Crippen LogP contribution in [0.1, 0.15) is 5.56 Å². The van der Waals surface area contributed by atoms with Crippen molar-refractivity contribution in [1.82, 2.24) is 9.97 Å². The minimum Gasteiger partial charge on any atom is -0.444 e. The summed E-state index contributed by atoms with van der Waals surface area (Å²) in [5.74, 6) is 0.0891. The van der Waals surface area contributed by atoms with Crippen molar-refractivity contribution in [3.8, 4) is 0 Å². The summed E-state index contributed by atoms with van der Waals surface area (Å²) in [6, 6.07) is 9.35. The summed E-state index contributed by atoms with van der Waals surface area (Å²) in [5, 5.41) is 2.61. The Balaban J connectivity index is 1.89. The topological polar surface area (TPSA) is 64.1 Å². The van der Waals surface area contributed by atoms with E-state index in [2.05, 4.69) is 31.2 Å². The molecule has 1 amide bonds. The van der Waals surface area contributed by atoms with Crippen molar-refractivity contribution in [2.45, 2.75) is 6.61 Å². The van der Waals surface area contributed by atoms with E-state index < -0.39 is 6.09 Å². The van der Waals surface area contributed by atoms with E-state index in [4.69, 9.17) is 16.3 Å². The van der Waals surface area contributed by atoms with Gasteiger partial charge >= 0.3 is 6.09 Å². The van der Waals surface area contributed by atoms with E-state index in [-0.39, 0.29) is 17.7 Å². The monoisotopic (exact) mass is 341 g/mol. The third-order valence-corrected chi connectivity index (χ3v) is 3.22. The van der Waals surface area contributed by atoms with E-state index >= 15 is 0 Å². The molecule has 2 rings (SSSR count). The lowest BCUT2D eigenvalue weighted by Crippen LogP contribution is -2.15. The average molecular weight is 343 g/mol. The number of carbonyl (C=O) groups excluding carboxylic acids is 1. The van der Waals surface area contributed by atoms with Crippen molar-refractivity contribution in [1.29, 1.82) is 0 Å². The predicted molar refractivity (Wildman–Crippen MR) is 75.0 cm³/mol. The Morgan fingerprint density at radius 1 is 1.37 bits per heavy atom. The molecule has 98 valence electrons. The minimum absolute atomic E-state index is 0.0891. The van der Waals surface area contributed by atoms with E-state index in [0.29, 0.717) is 4.47 Å². The van der Waals surface area contributed by atoms with Crippen LogP contribution in [0.3, 0.4) is 0 Å². The van der Waals surface area contributed by atoms with Gasteiger partial charge in [0.2, 0.25) is 5.95 Å². The number of carbonyl (C=O) groups is 1. The molecule has 0 aliphatic rings. The lowest BCUT2D eigenvalue weighted by molar-refractivity contribution is 0.155. The molecular formula is C12H9BrClN3O2. The molecule has 0 bridgehead atoms. The van der Waals surface area contributed by atoms with Crippen LogP contribution in [0.5, 0.6) is 0 Å². The summed E-state index contributed by atoms with van der Waals surface area (Å²) < 4.78 is 5.57. The first-order valence-electron chi connectivity index (χ1n) is 5.31. The molecule has 0 saturated carbocycles. The molecule has 1 N–H and O–H groups in total. The van der Waals surface area contributed by atoms with E-state index in [1.165, 1.54) is 6.20 Å². The maximum atomic E-state index is 11.5. The maximum Gasteiger partial charge on any atom is 0.414 e. The van der Waals surface area contributed by atoms with Gasteiger partial charge in [-0.15, -0.1) is 0 Å². The molecule has 19 heavy (non-hydrogen) atoms. The van der Waals surface area contributed by atoms with Crippen LogP contribution < -0.4 is 5.32 Å². The molecule has 1 heterocycles. The van der Waals surface area contributed by atoms with Crippen molar-refractivity contribution in [2.75, 3.05) is 5.32 Å². The second-order valence-corrected chi connectivity index (χ2v) is 4.73. The van der Waals surface area contributed by atoms with Gasteiger partial charge in [0.05, 0.1) is 4.47 Å². The molecule has 0 aliphatic heterocycles. The second-order valence-electron chi connectivity index (χ2n) is 3.52. The second kappa shape index (κ2) is 6.49. The average Bonchev–Trinajstić information content (AvgIpc) is 2.42. The first kappa shape index (κ1) is 13.8. The van der Waals surface area contributed by atoms with Crippen molar-refractivity contribution in [3.05, 3.63) is 51.7 Å². The quantitative estimate of drug-likeness (QED) is 0.865. The van der Waals surface area contributed by atoms with Crippen LogP contribution in [-0.4, -0.2) is 16.1 Å². The van der Waals surface area contributed by atoms with Crippen molar-refractivity contribution in [2.24, 2.45) is 0 Å². The molecule has 0 fully saturated rings. The summed E-state index contributed by atoms with van der Waals surface area (Å²) >= 11 is 8.94. The molecule has 1 aromatic heterocycles.